The molecule has 3 aliphatic rings. The van der Waals surface area contributed by atoms with E-state index in [1.807, 2.05) is 11.0 Å². The Morgan fingerprint density at radius 3 is 2.32 bits per heavy atom. The third-order valence-electron chi connectivity index (χ3n) is 9.52. The minimum atomic E-state index is -0.702. The monoisotopic (exact) mass is 611 g/mol. The van der Waals surface area contributed by atoms with Gasteiger partial charge in [-0.1, -0.05) is 18.6 Å². The van der Waals surface area contributed by atoms with Crippen molar-refractivity contribution in [3.05, 3.63) is 29.8 Å². The minimum absolute atomic E-state index is 0.0139. The molecule has 1 aromatic carbocycles. The van der Waals surface area contributed by atoms with E-state index >= 15 is 0 Å². The van der Waals surface area contributed by atoms with Gasteiger partial charge in [0.1, 0.15) is 11.8 Å². The van der Waals surface area contributed by atoms with Gasteiger partial charge in [0.25, 0.3) is 5.91 Å². The predicted octanol–water partition coefficient (Wildman–Crippen LogP) is 2.64. The second-order valence-corrected chi connectivity index (χ2v) is 12.6. The Hall–Kier alpha value is -3.63. The van der Waals surface area contributed by atoms with Crippen LogP contribution in [-0.2, 0) is 19.2 Å². The Kier molecular flexibility index (Phi) is 12.0. The van der Waals surface area contributed by atoms with E-state index in [4.69, 9.17) is 4.74 Å². The van der Waals surface area contributed by atoms with Crippen molar-refractivity contribution < 1.29 is 28.7 Å². The number of carbonyl (C=O) groups is 5. The quantitative estimate of drug-likeness (QED) is 0.423. The SMILES string of the molecule is CC(=O)N1CCC(C(=O)NCCCC[C@@H]2NC(=O)c3ccccc3OCC3(CCCCNC2=O)CCN(C(C)=O)CC3)CC1. The van der Waals surface area contributed by atoms with Crippen molar-refractivity contribution >= 4 is 29.5 Å². The lowest BCUT2D eigenvalue weighted by Crippen LogP contribution is -2.47. The number of rotatable bonds is 6. The fourth-order valence-corrected chi connectivity index (χ4v) is 6.52. The van der Waals surface area contributed by atoms with Crippen molar-refractivity contribution in [3.63, 3.8) is 0 Å². The van der Waals surface area contributed by atoms with Crippen LogP contribution in [0.1, 0.15) is 88.4 Å². The highest BCUT2D eigenvalue weighted by Crippen LogP contribution is 2.38. The lowest BCUT2D eigenvalue weighted by atomic mass is 9.75. The third-order valence-corrected chi connectivity index (χ3v) is 9.52. The lowest BCUT2D eigenvalue weighted by molar-refractivity contribution is -0.133. The van der Waals surface area contributed by atoms with Gasteiger partial charge >= 0.3 is 0 Å². The molecule has 1 spiro atoms. The summed E-state index contributed by atoms with van der Waals surface area (Å²) < 4.78 is 6.33. The molecular formula is C33H49N5O6. The van der Waals surface area contributed by atoms with E-state index in [-0.39, 0.29) is 40.9 Å². The zero-order valence-electron chi connectivity index (χ0n) is 26.3. The molecule has 4 rings (SSSR count). The van der Waals surface area contributed by atoms with Crippen molar-refractivity contribution in [2.75, 3.05) is 45.9 Å². The van der Waals surface area contributed by atoms with Gasteiger partial charge in [0.15, 0.2) is 0 Å². The maximum atomic E-state index is 13.4. The molecule has 1 aromatic rings. The van der Waals surface area contributed by atoms with Crippen LogP contribution in [0.25, 0.3) is 0 Å². The van der Waals surface area contributed by atoms with Gasteiger partial charge in [0.05, 0.1) is 12.2 Å². The number of ether oxygens (including phenoxy) is 1. The molecule has 0 aromatic heterocycles. The topological polar surface area (TPSA) is 137 Å². The first-order valence-electron chi connectivity index (χ1n) is 16.3. The van der Waals surface area contributed by atoms with Crippen LogP contribution in [0.3, 0.4) is 0 Å². The molecule has 3 heterocycles. The Labute approximate surface area is 260 Å². The molecular weight excluding hydrogens is 562 g/mol. The van der Waals surface area contributed by atoms with Gasteiger partial charge in [0, 0.05) is 64.4 Å². The summed E-state index contributed by atoms with van der Waals surface area (Å²) in [6, 6.07) is 6.43. The Balaban J connectivity index is 1.32. The molecule has 2 saturated heterocycles. The molecule has 1 atom stereocenters. The van der Waals surface area contributed by atoms with Crippen molar-refractivity contribution in [2.24, 2.45) is 11.3 Å². The fourth-order valence-electron chi connectivity index (χ4n) is 6.52. The van der Waals surface area contributed by atoms with Crippen LogP contribution >= 0.6 is 0 Å². The van der Waals surface area contributed by atoms with Gasteiger partial charge in [-0.25, -0.2) is 0 Å². The van der Waals surface area contributed by atoms with E-state index in [2.05, 4.69) is 16.0 Å². The molecule has 3 N–H and O–H groups in total. The molecule has 2 fully saturated rings. The highest BCUT2D eigenvalue weighted by molar-refractivity contribution is 5.99. The highest BCUT2D eigenvalue weighted by Gasteiger charge is 2.36. The van der Waals surface area contributed by atoms with E-state index in [1.54, 1.807) is 36.9 Å². The van der Waals surface area contributed by atoms with Crippen molar-refractivity contribution in [1.29, 1.82) is 0 Å². The van der Waals surface area contributed by atoms with Crippen LogP contribution < -0.4 is 20.7 Å². The second-order valence-electron chi connectivity index (χ2n) is 12.6. The maximum absolute atomic E-state index is 13.4. The van der Waals surface area contributed by atoms with E-state index in [0.29, 0.717) is 89.3 Å². The van der Waals surface area contributed by atoms with Crippen molar-refractivity contribution in [3.8, 4) is 5.75 Å². The number of fused-ring (bicyclic) bond motifs is 1. The number of hydrogen-bond acceptors (Lipinski definition) is 6. The average Bonchev–Trinajstić information content (AvgIpc) is 3.02. The number of amides is 5. The Bertz CT molecular complexity index is 1170. The summed E-state index contributed by atoms with van der Waals surface area (Å²) in [5.74, 6) is -0.00599. The number of benzene rings is 1. The van der Waals surface area contributed by atoms with Gasteiger partial charge < -0.3 is 30.5 Å². The van der Waals surface area contributed by atoms with Crippen molar-refractivity contribution in [1.82, 2.24) is 25.8 Å². The van der Waals surface area contributed by atoms with Crippen LogP contribution in [0.4, 0.5) is 0 Å². The molecule has 11 nitrogen and oxygen atoms in total. The molecule has 0 bridgehead atoms. The second kappa shape index (κ2) is 15.9. The van der Waals surface area contributed by atoms with Crippen LogP contribution in [0.2, 0.25) is 0 Å². The third kappa shape index (κ3) is 9.19. The summed E-state index contributed by atoms with van der Waals surface area (Å²) in [5, 5.41) is 8.96. The fraction of sp³-hybridized carbons (Fsp3) is 0.667. The number of nitrogens with zero attached hydrogens (tertiary/aromatic N) is 2. The number of unbranched alkanes of at least 4 members (excludes halogenated alkanes) is 1. The summed E-state index contributed by atoms with van der Waals surface area (Å²) in [6.45, 7) is 7.27. The molecule has 242 valence electrons. The molecule has 44 heavy (non-hydrogen) atoms. The van der Waals surface area contributed by atoms with Gasteiger partial charge in [-0.05, 0) is 69.9 Å². The van der Waals surface area contributed by atoms with E-state index in [0.717, 1.165) is 32.1 Å². The van der Waals surface area contributed by atoms with Gasteiger partial charge in [-0.15, -0.1) is 0 Å². The van der Waals surface area contributed by atoms with Gasteiger partial charge in [-0.2, -0.15) is 0 Å². The molecule has 11 heteroatoms. The predicted molar refractivity (Wildman–Crippen MR) is 166 cm³/mol. The highest BCUT2D eigenvalue weighted by atomic mass is 16.5. The number of likely N-dealkylation sites (tertiary alicyclic amines) is 2. The minimum Gasteiger partial charge on any atom is -0.492 e. The standard InChI is InChI=1S/C33H49N5O6/c1-24(39)37-19-12-26(13-20-37)30(41)34-17-7-5-10-28-32(43)35-18-8-6-14-33(15-21-38(22-16-33)25(2)40)23-44-29-11-4-3-9-27(29)31(42)36-28/h3-4,9,11,26,28H,5-8,10,12-23H2,1-2H3,(H,34,41)(H,35,43)(H,36,42)/t28-/m0/s1. The van der Waals surface area contributed by atoms with Crippen LogP contribution in [0.15, 0.2) is 24.3 Å². The zero-order valence-corrected chi connectivity index (χ0v) is 26.3. The van der Waals surface area contributed by atoms with E-state index in [9.17, 15) is 24.0 Å². The summed E-state index contributed by atoms with van der Waals surface area (Å²) in [6.07, 6.45) is 7.48. The Morgan fingerprint density at radius 2 is 1.61 bits per heavy atom. The first-order chi connectivity index (χ1) is 21.2. The number of para-hydroxylation sites is 1. The van der Waals surface area contributed by atoms with Crippen molar-refractivity contribution in [2.45, 2.75) is 84.1 Å². The Morgan fingerprint density at radius 1 is 0.932 bits per heavy atom. The molecule has 0 aliphatic carbocycles. The molecule has 3 aliphatic heterocycles. The smallest absolute Gasteiger partial charge is 0.255 e. The molecule has 0 saturated carbocycles. The zero-order chi connectivity index (χ0) is 31.5. The first-order valence-corrected chi connectivity index (χ1v) is 16.3. The summed E-state index contributed by atoms with van der Waals surface area (Å²) in [7, 11) is 0. The largest absolute Gasteiger partial charge is 0.492 e. The van der Waals surface area contributed by atoms with Crippen LogP contribution in [-0.4, -0.2) is 91.3 Å². The lowest BCUT2D eigenvalue weighted by Gasteiger charge is -2.41. The summed E-state index contributed by atoms with van der Waals surface area (Å²) in [5.41, 5.74) is 0.301. The van der Waals surface area contributed by atoms with Gasteiger partial charge in [-0.3, -0.25) is 24.0 Å². The van der Waals surface area contributed by atoms with E-state index in [1.165, 1.54) is 0 Å². The van der Waals surface area contributed by atoms with Crippen LogP contribution in [0.5, 0.6) is 5.75 Å². The average molecular weight is 612 g/mol. The van der Waals surface area contributed by atoms with E-state index < -0.39 is 6.04 Å². The molecule has 5 amide bonds. The normalized spacial score (nSPS) is 21.7. The first kappa shape index (κ1) is 33.3. The number of hydrogen-bond donors (Lipinski definition) is 3. The molecule has 0 radical (unpaired) electrons. The summed E-state index contributed by atoms with van der Waals surface area (Å²) >= 11 is 0. The van der Waals surface area contributed by atoms with Crippen LogP contribution in [0, 0.1) is 11.3 Å². The number of piperidine rings is 2. The van der Waals surface area contributed by atoms with Gasteiger partial charge in [0.2, 0.25) is 23.6 Å². The molecule has 0 unspecified atom stereocenters. The number of carbonyl (C=O) groups excluding carboxylic acids is 5. The number of nitrogens with one attached hydrogen (secondary N) is 3. The summed E-state index contributed by atoms with van der Waals surface area (Å²) in [4.78, 5) is 66.3. The maximum Gasteiger partial charge on any atom is 0.255 e.